The van der Waals surface area contributed by atoms with Crippen molar-refractivity contribution in [3.8, 4) is 0 Å². The second-order valence-electron chi connectivity index (χ2n) is 5.19. The zero-order valence-corrected chi connectivity index (χ0v) is 11.2. The van der Waals surface area contributed by atoms with Crippen LogP contribution in [0, 0.1) is 0 Å². The van der Waals surface area contributed by atoms with Gasteiger partial charge < -0.3 is 0 Å². The number of amides is 1. The Morgan fingerprint density at radius 2 is 1.92 bits per heavy atom. The fraction of sp³-hybridized carbons (Fsp3) is 0.900. The minimum atomic E-state index is -1.57. The van der Waals surface area contributed by atoms with E-state index in [4.69, 9.17) is 0 Å². The van der Waals surface area contributed by atoms with E-state index >= 15 is 0 Å². The number of hydrogen-bond acceptors (Lipinski definition) is 1. The Hall–Kier alpha value is 0.0129. The Morgan fingerprint density at radius 1 is 1.23 bits per heavy atom. The summed E-state index contributed by atoms with van der Waals surface area (Å²) in [5, 5.41) is 1.10. The first-order chi connectivity index (χ1) is 5.99. The Balaban J connectivity index is 2.50. The molecule has 1 heterocycles. The van der Waals surface area contributed by atoms with E-state index in [0.717, 1.165) is 24.8 Å². The second-order valence-corrected chi connectivity index (χ2v) is 16.6. The minimum absolute atomic E-state index is 0.401. The van der Waals surface area contributed by atoms with Crippen molar-refractivity contribution >= 4 is 19.2 Å². The van der Waals surface area contributed by atoms with Gasteiger partial charge in [0.15, 0.2) is 0 Å². The fourth-order valence-electron chi connectivity index (χ4n) is 1.78. The molecule has 1 aliphatic heterocycles. The van der Waals surface area contributed by atoms with E-state index in [1.54, 1.807) is 0 Å². The summed E-state index contributed by atoms with van der Waals surface area (Å²) in [4.78, 5) is 13.8. The van der Waals surface area contributed by atoms with Gasteiger partial charge in [-0.25, -0.2) is 0 Å². The molecule has 0 N–H and O–H groups in total. The molecule has 0 radical (unpaired) electrons. The van der Waals surface area contributed by atoms with Crippen molar-refractivity contribution in [3.05, 3.63) is 0 Å². The Kier molecular flexibility index (Phi) is 3.83. The molecule has 13 heavy (non-hydrogen) atoms. The summed E-state index contributed by atoms with van der Waals surface area (Å²) in [6.07, 6.45) is 4.34. The van der Waals surface area contributed by atoms with E-state index in [9.17, 15) is 4.79 Å². The first-order valence-electron chi connectivity index (χ1n) is 5.27. The Morgan fingerprint density at radius 3 is 2.54 bits per heavy atom. The van der Waals surface area contributed by atoms with Gasteiger partial charge in [0.05, 0.1) is 0 Å². The first-order valence-corrected chi connectivity index (χ1v) is 13.0. The van der Waals surface area contributed by atoms with Crippen LogP contribution in [0.4, 0.5) is 0 Å². The van der Waals surface area contributed by atoms with Crippen LogP contribution in [0.1, 0.15) is 25.7 Å². The molecule has 0 aromatic rings. The van der Waals surface area contributed by atoms with Gasteiger partial charge in [0, 0.05) is 0 Å². The quantitative estimate of drug-likeness (QED) is 0.682. The third-order valence-electron chi connectivity index (χ3n) is 2.34. The van der Waals surface area contributed by atoms with Crippen LogP contribution in [0.2, 0.25) is 17.3 Å². The van der Waals surface area contributed by atoms with E-state index in [2.05, 4.69) is 22.2 Å². The molecule has 0 aromatic carbocycles. The molecule has 0 atom stereocenters. The van der Waals surface area contributed by atoms with Gasteiger partial charge in [-0.15, -0.1) is 0 Å². The molecule has 0 aromatic heterocycles. The van der Waals surface area contributed by atoms with Gasteiger partial charge in [0.2, 0.25) is 0 Å². The molecule has 1 aliphatic rings. The van der Waals surface area contributed by atoms with Crippen molar-refractivity contribution in [2.24, 2.45) is 0 Å². The van der Waals surface area contributed by atoms with Gasteiger partial charge in [0.25, 0.3) is 0 Å². The van der Waals surface area contributed by atoms with E-state index in [1.807, 2.05) is 0 Å². The average Bonchev–Trinajstić information content (AvgIpc) is 2.14. The van der Waals surface area contributed by atoms with Crippen LogP contribution < -0.4 is 0 Å². The van der Waals surface area contributed by atoms with Crippen LogP contribution in [0.3, 0.4) is 0 Å². The van der Waals surface area contributed by atoms with Crippen LogP contribution >= 0.6 is 0 Å². The molecule has 2 nitrogen and oxygen atoms in total. The number of carbonyl (C=O) groups is 1. The molecule has 0 aliphatic carbocycles. The predicted octanol–water partition coefficient (Wildman–Crippen LogP) is 2.27. The summed E-state index contributed by atoms with van der Waals surface area (Å²) >= 11 is -1.57. The third-order valence-corrected chi connectivity index (χ3v) is 5.13. The summed E-state index contributed by atoms with van der Waals surface area (Å²) < 4.78 is 0. The SMILES string of the molecule is [CH3][Ge]([CH3])([CH3])[CH2]N1CCCCCC1=O. The standard InChI is InChI=1S/C10H21GeNO/c1-11(2,3)9-12-8-6-4-5-7-10(12)13/h4-9H2,1-3H3. The second kappa shape index (κ2) is 4.49. The zero-order valence-electron chi connectivity index (χ0n) is 9.10. The van der Waals surface area contributed by atoms with Crippen molar-refractivity contribution in [2.75, 3.05) is 11.9 Å². The number of carbonyl (C=O) groups excluding carboxylic acids is 1. The Labute approximate surface area is 84.0 Å². The number of rotatable bonds is 2. The van der Waals surface area contributed by atoms with Crippen molar-refractivity contribution < 1.29 is 4.79 Å². The molecule has 0 saturated carbocycles. The molecule has 76 valence electrons. The maximum absolute atomic E-state index is 11.6. The fourth-order valence-corrected chi connectivity index (χ4v) is 4.88. The molecule has 0 spiro atoms. The average molecular weight is 244 g/mol. The van der Waals surface area contributed by atoms with Crippen LogP contribution in [-0.2, 0) is 4.79 Å². The molecule has 0 unspecified atom stereocenters. The van der Waals surface area contributed by atoms with Crippen LogP contribution in [0.15, 0.2) is 0 Å². The molecule has 1 rings (SSSR count). The predicted molar refractivity (Wildman–Crippen MR) is 58.4 cm³/mol. The third kappa shape index (κ3) is 4.16. The molecule has 1 fully saturated rings. The zero-order chi connectivity index (χ0) is 9.90. The van der Waals surface area contributed by atoms with Crippen molar-refractivity contribution in [2.45, 2.75) is 43.0 Å². The molecule has 1 amide bonds. The van der Waals surface area contributed by atoms with Crippen LogP contribution in [-0.4, -0.2) is 36.0 Å². The van der Waals surface area contributed by atoms with Gasteiger partial charge >= 0.3 is 83.7 Å². The van der Waals surface area contributed by atoms with Gasteiger partial charge in [-0.3, -0.25) is 0 Å². The molecule has 3 heteroatoms. The molecular weight excluding hydrogens is 223 g/mol. The number of likely N-dealkylation sites (tertiary alicyclic amines) is 1. The van der Waals surface area contributed by atoms with Crippen molar-refractivity contribution in [3.63, 3.8) is 0 Å². The van der Waals surface area contributed by atoms with Crippen molar-refractivity contribution in [1.29, 1.82) is 0 Å². The summed E-state index contributed by atoms with van der Waals surface area (Å²) in [6.45, 7) is 1.02. The number of nitrogens with zero attached hydrogens (tertiary/aromatic N) is 1. The van der Waals surface area contributed by atoms with E-state index in [-0.39, 0.29) is 0 Å². The van der Waals surface area contributed by atoms with E-state index in [0.29, 0.717) is 5.91 Å². The molecule has 1 saturated heterocycles. The van der Waals surface area contributed by atoms with E-state index in [1.165, 1.54) is 12.8 Å². The first kappa shape index (κ1) is 11.1. The van der Waals surface area contributed by atoms with E-state index < -0.39 is 13.3 Å². The monoisotopic (exact) mass is 245 g/mol. The van der Waals surface area contributed by atoms with Crippen molar-refractivity contribution in [1.82, 2.24) is 4.90 Å². The summed E-state index contributed by atoms with van der Waals surface area (Å²) in [5.41, 5.74) is 0. The van der Waals surface area contributed by atoms with Gasteiger partial charge in [-0.2, -0.15) is 0 Å². The topological polar surface area (TPSA) is 20.3 Å². The van der Waals surface area contributed by atoms with Gasteiger partial charge in [-0.05, 0) is 0 Å². The van der Waals surface area contributed by atoms with Crippen LogP contribution in [0.5, 0.6) is 0 Å². The molecule has 0 bridgehead atoms. The summed E-state index contributed by atoms with van der Waals surface area (Å²) in [7, 11) is 0. The normalized spacial score (nSPS) is 20.2. The van der Waals surface area contributed by atoms with Crippen LogP contribution in [0.25, 0.3) is 0 Å². The number of hydrogen-bond donors (Lipinski definition) is 0. The Bertz CT molecular complexity index is 186. The van der Waals surface area contributed by atoms with Gasteiger partial charge in [-0.1, -0.05) is 0 Å². The molecular formula is C10H21GeNO. The summed E-state index contributed by atoms with van der Waals surface area (Å²) in [5.74, 6) is 7.52. The van der Waals surface area contributed by atoms with Gasteiger partial charge in [0.1, 0.15) is 0 Å². The maximum atomic E-state index is 11.6. The summed E-state index contributed by atoms with van der Waals surface area (Å²) in [6, 6.07) is 0.